The fraction of sp³-hybridized carbons (Fsp3) is 0.467. The van der Waals surface area contributed by atoms with Gasteiger partial charge in [-0.1, -0.05) is 23.9 Å². The molecule has 0 radical (unpaired) electrons. The van der Waals surface area contributed by atoms with Crippen molar-refractivity contribution in [2.45, 2.75) is 43.2 Å². The van der Waals surface area contributed by atoms with Gasteiger partial charge in [-0.05, 0) is 39.8 Å². The highest BCUT2D eigenvalue weighted by Gasteiger charge is 2.36. The molecule has 1 aromatic heterocycles. The molecule has 0 saturated carbocycles. The topological polar surface area (TPSA) is 62.2 Å². The molecule has 0 aliphatic carbocycles. The summed E-state index contributed by atoms with van der Waals surface area (Å²) < 4.78 is 2.00. The zero-order chi connectivity index (χ0) is 15.7. The Morgan fingerprint density at radius 3 is 2.62 bits per heavy atom. The summed E-state index contributed by atoms with van der Waals surface area (Å²) in [6.07, 6.45) is 0. The lowest BCUT2D eigenvalue weighted by Gasteiger charge is -2.37. The number of aromatic nitrogens is 1. The summed E-state index contributed by atoms with van der Waals surface area (Å²) in [5, 5.41) is 12.9. The molecule has 2 N–H and O–H groups in total. The third-order valence-electron chi connectivity index (χ3n) is 3.58. The molecule has 6 heteroatoms. The molecule has 2 rings (SSSR count). The predicted octanol–water partition coefficient (Wildman–Crippen LogP) is 3.05. The normalized spacial score (nSPS) is 12.6. The molecule has 1 heterocycles. The summed E-state index contributed by atoms with van der Waals surface area (Å²) in [5.41, 5.74) is -0.705. The predicted molar refractivity (Wildman–Crippen MR) is 88.9 cm³/mol. The molecule has 4 nitrogen and oxygen atoms in total. The molecule has 0 bridgehead atoms. The number of hydrogen-bond donors (Lipinski definition) is 2. The van der Waals surface area contributed by atoms with Gasteiger partial charge < -0.3 is 10.4 Å². The summed E-state index contributed by atoms with van der Waals surface area (Å²) in [6.45, 7) is 7.00. The Morgan fingerprint density at radius 1 is 1.33 bits per heavy atom. The van der Waals surface area contributed by atoms with Gasteiger partial charge in [0.05, 0.1) is 27.1 Å². The van der Waals surface area contributed by atoms with E-state index in [2.05, 4.69) is 10.3 Å². The van der Waals surface area contributed by atoms with Crippen LogP contribution in [0.2, 0.25) is 0 Å². The first-order chi connectivity index (χ1) is 9.69. The van der Waals surface area contributed by atoms with Gasteiger partial charge in [0.25, 0.3) is 0 Å². The third kappa shape index (κ3) is 3.96. The Hall–Kier alpha value is -1.11. The van der Waals surface area contributed by atoms with Gasteiger partial charge in [0.2, 0.25) is 5.91 Å². The summed E-state index contributed by atoms with van der Waals surface area (Å²) >= 11 is 3.00. The molecule has 0 aliphatic rings. The van der Waals surface area contributed by atoms with E-state index in [9.17, 15) is 9.90 Å². The largest absolute Gasteiger partial charge is 0.388 e. The number of aliphatic hydroxyl groups is 1. The molecule has 21 heavy (non-hydrogen) atoms. The van der Waals surface area contributed by atoms with E-state index in [-0.39, 0.29) is 5.91 Å². The van der Waals surface area contributed by atoms with E-state index in [0.29, 0.717) is 5.75 Å². The lowest BCUT2D eigenvalue weighted by atomic mass is 9.86. The quantitative estimate of drug-likeness (QED) is 0.830. The van der Waals surface area contributed by atoms with E-state index in [1.54, 1.807) is 25.2 Å². The number of amides is 1. The molecule has 0 unspecified atom stereocenters. The first kappa shape index (κ1) is 16.3. The zero-order valence-electron chi connectivity index (χ0n) is 12.6. The van der Waals surface area contributed by atoms with Crippen LogP contribution >= 0.6 is 23.1 Å². The highest BCUT2D eigenvalue weighted by atomic mass is 32.2. The number of thiazole rings is 1. The van der Waals surface area contributed by atoms with Crippen LogP contribution in [0.15, 0.2) is 28.6 Å². The minimum Gasteiger partial charge on any atom is -0.388 e. The maximum absolute atomic E-state index is 12.0. The highest BCUT2D eigenvalue weighted by molar-refractivity contribution is 8.01. The molecule has 0 spiro atoms. The second kappa shape index (κ2) is 5.94. The number of rotatable bonds is 5. The number of carbonyl (C=O) groups excluding carboxylic acids is 1. The van der Waals surface area contributed by atoms with Crippen molar-refractivity contribution in [3.05, 3.63) is 24.3 Å². The monoisotopic (exact) mass is 324 g/mol. The highest BCUT2D eigenvalue weighted by Crippen LogP contribution is 2.29. The molecule has 0 fully saturated rings. The smallest absolute Gasteiger partial charge is 0.230 e. The summed E-state index contributed by atoms with van der Waals surface area (Å²) in [5.74, 6) is 0.186. The second-order valence-electron chi connectivity index (χ2n) is 5.97. The SMILES string of the molecule is CC(C)(O)C(C)(C)NC(=O)CSc1nc2ccccc2s1. The Morgan fingerprint density at radius 2 is 2.00 bits per heavy atom. The van der Waals surface area contributed by atoms with Crippen LogP contribution in [0.1, 0.15) is 27.7 Å². The number of thioether (sulfide) groups is 1. The first-order valence-corrected chi connectivity index (χ1v) is 8.51. The maximum Gasteiger partial charge on any atom is 0.230 e. The van der Waals surface area contributed by atoms with Crippen molar-refractivity contribution < 1.29 is 9.90 Å². The van der Waals surface area contributed by atoms with Crippen LogP contribution in [0.25, 0.3) is 10.2 Å². The average molecular weight is 324 g/mol. The second-order valence-corrected chi connectivity index (χ2v) is 8.22. The fourth-order valence-corrected chi connectivity index (χ4v) is 3.45. The summed E-state index contributed by atoms with van der Waals surface area (Å²) in [4.78, 5) is 16.5. The van der Waals surface area contributed by atoms with E-state index in [1.807, 2.05) is 38.1 Å². The van der Waals surface area contributed by atoms with Crippen molar-refractivity contribution in [2.75, 3.05) is 5.75 Å². The molecule has 0 aliphatic heterocycles. The summed E-state index contributed by atoms with van der Waals surface area (Å²) in [6, 6.07) is 7.92. The van der Waals surface area contributed by atoms with Crippen LogP contribution in [-0.2, 0) is 4.79 Å². The van der Waals surface area contributed by atoms with E-state index in [4.69, 9.17) is 0 Å². The molecule has 1 amide bonds. The van der Waals surface area contributed by atoms with Crippen LogP contribution in [-0.4, -0.2) is 32.9 Å². The molecule has 2 aromatic rings. The van der Waals surface area contributed by atoms with E-state index >= 15 is 0 Å². The van der Waals surface area contributed by atoms with E-state index in [0.717, 1.165) is 14.6 Å². The number of carbonyl (C=O) groups is 1. The number of nitrogens with zero attached hydrogens (tertiary/aromatic N) is 1. The van der Waals surface area contributed by atoms with Gasteiger partial charge in [-0.3, -0.25) is 4.79 Å². The van der Waals surface area contributed by atoms with Gasteiger partial charge in [-0.2, -0.15) is 0 Å². The van der Waals surface area contributed by atoms with Crippen LogP contribution in [0.4, 0.5) is 0 Å². The van der Waals surface area contributed by atoms with Crippen molar-refractivity contribution in [2.24, 2.45) is 0 Å². The first-order valence-electron chi connectivity index (χ1n) is 6.71. The number of nitrogens with one attached hydrogen (secondary N) is 1. The number of benzene rings is 1. The molecule has 1 aromatic carbocycles. The summed E-state index contributed by atoms with van der Waals surface area (Å²) in [7, 11) is 0. The molecule has 0 saturated heterocycles. The van der Waals surface area contributed by atoms with Gasteiger partial charge in [-0.15, -0.1) is 11.3 Å². The van der Waals surface area contributed by atoms with E-state index < -0.39 is 11.1 Å². The standard InChI is InChI=1S/C15H20N2O2S2/c1-14(2,15(3,4)19)17-12(18)9-20-13-16-10-7-5-6-8-11(10)21-13/h5-8,19H,9H2,1-4H3,(H,17,18). The number of fused-ring (bicyclic) bond motifs is 1. The molecular weight excluding hydrogens is 304 g/mol. The van der Waals surface area contributed by atoms with Gasteiger partial charge in [-0.25, -0.2) is 4.98 Å². The molecule has 0 atom stereocenters. The molecule has 114 valence electrons. The van der Waals surface area contributed by atoms with Crippen LogP contribution in [0, 0.1) is 0 Å². The lowest BCUT2D eigenvalue weighted by Crippen LogP contribution is -2.58. The fourth-order valence-electron chi connectivity index (χ4n) is 1.58. The molecular formula is C15H20N2O2S2. The van der Waals surface area contributed by atoms with Crippen LogP contribution in [0.3, 0.4) is 0 Å². The van der Waals surface area contributed by atoms with Crippen molar-refractivity contribution in [1.82, 2.24) is 10.3 Å². The van der Waals surface area contributed by atoms with Crippen molar-refractivity contribution >= 4 is 39.2 Å². The van der Waals surface area contributed by atoms with Gasteiger partial charge in [0, 0.05) is 0 Å². The Bertz CT molecular complexity index is 611. The van der Waals surface area contributed by atoms with Crippen molar-refractivity contribution in [3.8, 4) is 0 Å². The Kier molecular flexibility index (Phi) is 4.60. The van der Waals surface area contributed by atoms with Crippen LogP contribution in [0.5, 0.6) is 0 Å². The third-order valence-corrected chi connectivity index (χ3v) is 5.76. The average Bonchev–Trinajstić information content (AvgIpc) is 2.77. The van der Waals surface area contributed by atoms with Crippen LogP contribution < -0.4 is 5.32 Å². The van der Waals surface area contributed by atoms with Gasteiger partial charge in [0.1, 0.15) is 0 Å². The number of para-hydroxylation sites is 1. The minimum absolute atomic E-state index is 0.105. The van der Waals surface area contributed by atoms with E-state index in [1.165, 1.54) is 11.8 Å². The Balaban J connectivity index is 1.95. The van der Waals surface area contributed by atoms with Crippen molar-refractivity contribution in [3.63, 3.8) is 0 Å². The number of hydrogen-bond acceptors (Lipinski definition) is 5. The zero-order valence-corrected chi connectivity index (χ0v) is 14.3. The van der Waals surface area contributed by atoms with Gasteiger partial charge in [0.15, 0.2) is 4.34 Å². The van der Waals surface area contributed by atoms with Gasteiger partial charge >= 0.3 is 0 Å². The lowest BCUT2D eigenvalue weighted by molar-refractivity contribution is -0.123. The van der Waals surface area contributed by atoms with Crippen molar-refractivity contribution in [1.29, 1.82) is 0 Å². The minimum atomic E-state index is -0.983. The Labute approximate surface area is 133 Å². The maximum atomic E-state index is 12.0.